The van der Waals surface area contributed by atoms with E-state index in [2.05, 4.69) is 42.2 Å². The molecule has 3 aromatic rings. The van der Waals surface area contributed by atoms with E-state index in [1.807, 2.05) is 30.3 Å². The zero-order chi connectivity index (χ0) is 23.0. The van der Waals surface area contributed by atoms with Gasteiger partial charge in [-0.25, -0.2) is 4.98 Å². The fourth-order valence-corrected chi connectivity index (χ4v) is 4.16. The molecule has 2 aromatic heterocycles. The van der Waals surface area contributed by atoms with Crippen LogP contribution in [0.15, 0.2) is 66.9 Å². The van der Waals surface area contributed by atoms with Crippen molar-refractivity contribution in [1.82, 2.24) is 9.97 Å². The van der Waals surface area contributed by atoms with Crippen molar-refractivity contribution in [3.63, 3.8) is 0 Å². The molecule has 2 heterocycles. The molecule has 0 saturated heterocycles. The lowest BCUT2D eigenvalue weighted by Crippen LogP contribution is -2.02. The zero-order valence-corrected chi connectivity index (χ0v) is 20.3. The highest BCUT2D eigenvalue weighted by Gasteiger charge is 2.11. The van der Waals surface area contributed by atoms with Crippen LogP contribution in [0.2, 0.25) is 0 Å². The predicted octanol–water partition coefficient (Wildman–Crippen LogP) is 8.89. The lowest BCUT2D eigenvalue weighted by atomic mass is 10.1. The number of aromatic nitrogens is 2. The minimum Gasteiger partial charge on any atom is -0.477 e. The van der Waals surface area contributed by atoms with Crippen molar-refractivity contribution >= 4 is 0 Å². The summed E-state index contributed by atoms with van der Waals surface area (Å²) in [5.41, 5.74) is 3.88. The molecule has 0 spiro atoms. The first kappa shape index (κ1) is 25.0. The summed E-state index contributed by atoms with van der Waals surface area (Å²) in [6, 6.07) is 20.4. The van der Waals surface area contributed by atoms with E-state index in [1.54, 1.807) is 6.20 Å². The minimum absolute atomic E-state index is 0.701. The molecule has 3 nitrogen and oxygen atoms in total. The third kappa shape index (κ3) is 9.00. The van der Waals surface area contributed by atoms with Crippen LogP contribution in [0.1, 0.15) is 84.0 Å². The summed E-state index contributed by atoms with van der Waals surface area (Å²) >= 11 is 0. The molecule has 3 heteroatoms. The SMILES string of the molecule is CCCCCCCCCCCCCCOc1nc(-c2ccccn2)ccc1-c1ccccc1. The van der Waals surface area contributed by atoms with E-state index in [9.17, 15) is 0 Å². The van der Waals surface area contributed by atoms with E-state index in [-0.39, 0.29) is 0 Å². The summed E-state index contributed by atoms with van der Waals surface area (Å²) in [7, 11) is 0. The molecule has 33 heavy (non-hydrogen) atoms. The van der Waals surface area contributed by atoms with Gasteiger partial charge in [-0.05, 0) is 36.2 Å². The van der Waals surface area contributed by atoms with E-state index in [0.717, 1.165) is 28.9 Å². The van der Waals surface area contributed by atoms with Crippen molar-refractivity contribution < 1.29 is 4.74 Å². The molecule has 0 fully saturated rings. The molecule has 0 atom stereocenters. The van der Waals surface area contributed by atoms with Gasteiger partial charge in [-0.3, -0.25) is 4.98 Å². The molecule has 0 aliphatic rings. The van der Waals surface area contributed by atoms with Gasteiger partial charge in [0.05, 0.1) is 18.0 Å². The highest BCUT2D eigenvalue weighted by Crippen LogP contribution is 2.31. The molecule has 0 radical (unpaired) electrons. The Hall–Kier alpha value is -2.68. The Labute approximate surface area is 200 Å². The van der Waals surface area contributed by atoms with Crippen LogP contribution in [0.4, 0.5) is 0 Å². The van der Waals surface area contributed by atoms with Gasteiger partial charge in [-0.15, -0.1) is 0 Å². The van der Waals surface area contributed by atoms with Gasteiger partial charge in [0.25, 0.3) is 0 Å². The fourth-order valence-electron chi connectivity index (χ4n) is 4.16. The van der Waals surface area contributed by atoms with Crippen LogP contribution in [0, 0.1) is 0 Å². The topological polar surface area (TPSA) is 35.0 Å². The molecular weight excluding hydrogens is 404 g/mol. The third-order valence-corrected chi connectivity index (χ3v) is 6.11. The van der Waals surface area contributed by atoms with Crippen molar-refractivity contribution in [2.75, 3.05) is 6.61 Å². The van der Waals surface area contributed by atoms with Gasteiger partial charge in [0.15, 0.2) is 0 Å². The number of pyridine rings is 2. The van der Waals surface area contributed by atoms with E-state index in [1.165, 1.54) is 70.6 Å². The summed E-state index contributed by atoms with van der Waals surface area (Å²) in [6.45, 7) is 2.99. The molecule has 0 bridgehead atoms. The molecule has 0 N–H and O–H groups in total. The Balaban J connectivity index is 1.43. The molecule has 176 valence electrons. The summed E-state index contributed by atoms with van der Waals surface area (Å²) < 4.78 is 6.21. The lowest BCUT2D eigenvalue weighted by molar-refractivity contribution is 0.295. The van der Waals surface area contributed by atoms with E-state index in [4.69, 9.17) is 9.72 Å². The number of ether oxygens (including phenoxy) is 1. The monoisotopic (exact) mass is 444 g/mol. The second-order valence-electron chi connectivity index (χ2n) is 8.87. The molecule has 0 unspecified atom stereocenters. The van der Waals surface area contributed by atoms with Crippen LogP contribution < -0.4 is 4.74 Å². The van der Waals surface area contributed by atoms with E-state index in [0.29, 0.717) is 12.5 Å². The fraction of sp³-hybridized carbons (Fsp3) is 0.467. The second kappa shape index (κ2) is 15.2. The Morgan fingerprint density at radius 2 is 1.24 bits per heavy atom. The van der Waals surface area contributed by atoms with Crippen LogP contribution in [0.3, 0.4) is 0 Å². The Morgan fingerprint density at radius 3 is 1.88 bits per heavy atom. The van der Waals surface area contributed by atoms with Crippen LogP contribution in [-0.2, 0) is 0 Å². The summed E-state index contributed by atoms with van der Waals surface area (Å²) in [5.74, 6) is 0.701. The maximum Gasteiger partial charge on any atom is 0.221 e. The molecule has 3 rings (SSSR count). The summed E-state index contributed by atoms with van der Waals surface area (Å²) in [4.78, 5) is 9.27. The average Bonchev–Trinajstić information content (AvgIpc) is 2.88. The number of rotatable bonds is 16. The zero-order valence-electron chi connectivity index (χ0n) is 20.3. The largest absolute Gasteiger partial charge is 0.477 e. The maximum atomic E-state index is 6.21. The summed E-state index contributed by atoms with van der Waals surface area (Å²) in [6.07, 6.45) is 17.9. The van der Waals surface area contributed by atoms with Crippen molar-refractivity contribution in [1.29, 1.82) is 0 Å². The molecule has 0 aliphatic carbocycles. The number of hydrogen-bond acceptors (Lipinski definition) is 3. The number of benzene rings is 1. The Kier molecular flexibility index (Phi) is 11.5. The van der Waals surface area contributed by atoms with Crippen LogP contribution >= 0.6 is 0 Å². The number of unbranched alkanes of at least 4 members (excludes halogenated alkanes) is 11. The van der Waals surface area contributed by atoms with Gasteiger partial charge in [0.1, 0.15) is 0 Å². The quantitative estimate of drug-likeness (QED) is 0.207. The second-order valence-corrected chi connectivity index (χ2v) is 8.87. The lowest BCUT2D eigenvalue weighted by Gasteiger charge is -2.12. The van der Waals surface area contributed by atoms with E-state index >= 15 is 0 Å². The Morgan fingerprint density at radius 1 is 0.606 bits per heavy atom. The van der Waals surface area contributed by atoms with Crippen LogP contribution in [-0.4, -0.2) is 16.6 Å². The number of hydrogen-bond donors (Lipinski definition) is 0. The first-order valence-electron chi connectivity index (χ1n) is 13.0. The van der Waals surface area contributed by atoms with Crippen molar-refractivity contribution in [2.24, 2.45) is 0 Å². The Bertz CT molecular complexity index is 896. The summed E-state index contributed by atoms with van der Waals surface area (Å²) in [5, 5.41) is 0. The normalized spacial score (nSPS) is 10.9. The number of nitrogens with zero attached hydrogens (tertiary/aromatic N) is 2. The molecule has 0 aliphatic heterocycles. The van der Waals surface area contributed by atoms with Crippen LogP contribution in [0.5, 0.6) is 5.88 Å². The molecule has 1 aromatic carbocycles. The van der Waals surface area contributed by atoms with Gasteiger partial charge in [-0.1, -0.05) is 114 Å². The van der Waals surface area contributed by atoms with Crippen molar-refractivity contribution in [3.8, 4) is 28.4 Å². The van der Waals surface area contributed by atoms with Crippen molar-refractivity contribution in [3.05, 3.63) is 66.9 Å². The third-order valence-electron chi connectivity index (χ3n) is 6.11. The van der Waals surface area contributed by atoms with Crippen molar-refractivity contribution in [2.45, 2.75) is 84.0 Å². The molecule has 0 amide bonds. The highest BCUT2D eigenvalue weighted by molar-refractivity contribution is 5.71. The van der Waals surface area contributed by atoms with Gasteiger partial charge in [0.2, 0.25) is 5.88 Å². The van der Waals surface area contributed by atoms with Gasteiger partial charge in [-0.2, -0.15) is 0 Å². The van der Waals surface area contributed by atoms with Crippen LogP contribution in [0.25, 0.3) is 22.5 Å². The smallest absolute Gasteiger partial charge is 0.221 e. The highest BCUT2D eigenvalue weighted by atomic mass is 16.5. The average molecular weight is 445 g/mol. The van der Waals surface area contributed by atoms with Gasteiger partial charge >= 0.3 is 0 Å². The predicted molar refractivity (Wildman–Crippen MR) is 139 cm³/mol. The molecule has 0 saturated carbocycles. The standard InChI is InChI=1S/C30H40N2O/c1-2-3-4-5-6-7-8-9-10-11-12-18-25-33-30-27(26-19-14-13-15-20-26)22-23-29(32-30)28-21-16-17-24-31-28/h13-17,19-24H,2-12,18,25H2,1H3. The van der Waals surface area contributed by atoms with Gasteiger partial charge in [0, 0.05) is 11.8 Å². The van der Waals surface area contributed by atoms with E-state index < -0.39 is 0 Å². The molecular formula is C30H40N2O. The maximum absolute atomic E-state index is 6.21. The van der Waals surface area contributed by atoms with Gasteiger partial charge < -0.3 is 4.74 Å². The minimum atomic E-state index is 0.701. The first-order chi connectivity index (χ1) is 16.4. The first-order valence-corrected chi connectivity index (χ1v) is 13.0.